The Labute approximate surface area is 177 Å². The first-order chi connectivity index (χ1) is 14.3. The van der Waals surface area contributed by atoms with Crippen molar-refractivity contribution in [1.82, 2.24) is 9.97 Å². The summed E-state index contributed by atoms with van der Waals surface area (Å²) in [6.45, 7) is 6.35. The predicted molar refractivity (Wildman–Crippen MR) is 120 cm³/mol. The summed E-state index contributed by atoms with van der Waals surface area (Å²) in [6, 6.07) is 7.95. The van der Waals surface area contributed by atoms with Crippen LogP contribution in [0.3, 0.4) is 0 Å². The minimum Gasteiger partial charge on any atom is -0.491 e. The summed E-state index contributed by atoms with van der Waals surface area (Å²) in [5.41, 5.74) is 2.24. The van der Waals surface area contributed by atoms with E-state index in [0.717, 1.165) is 36.6 Å². The van der Waals surface area contributed by atoms with Gasteiger partial charge in [-0.3, -0.25) is 0 Å². The average molecular weight is 399 g/mol. The van der Waals surface area contributed by atoms with Crippen LogP contribution in [0.4, 0.5) is 0 Å². The van der Waals surface area contributed by atoms with E-state index in [0.29, 0.717) is 13.2 Å². The number of benzene rings is 1. The van der Waals surface area contributed by atoms with E-state index in [1.165, 1.54) is 56.9 Å². The van der Waals surface area contributed by atoms with Crippen molar-refractivity contribution < 1.29 is 9.47 Å². The number of unbranched alkanes of at least 4 members (excludes halogenated alkanes) is 7. The van der Waals surface area contributed by atoms with Crippen LogP contribution in [0.5, 0.6) is 5.75 Å². The molecule has 0 N–H and O–H groups in total. The van der Waals surface area contributed by atoms with Gasteiger partial charge >= 0.3 is 0 Å². The Balaban J connectivity index is 1.67. The lowest BCUT2D eigenvalue weighted by Gasteiger charge is -2.07. The van der Waals surface area contributed by atoms with Gasteiger partial charge in [-0.1, -0.05) is 58.8 Å². The van der Waals surface area contributed by atoms with E-state index in [-0.39, 0.29) is 0 Å². The maximum Gasteiger partial charge on any atom is 0.159 e. The van der Waals surface area contributed by atoms with Gasteiger partial charge in [-0.15, -0.1) is 0 Å². The van der Waals surface area contributed by atoms with Gasteiger partial charge in [0.1, 0.15) is 12.4 Å². The van der Waals surface area contributed by atoms with Gasteiger partial charge in [0.05, 0.1) is 6.61 Å². The van der Waals surface area contributed by atoms with Gasteiger partial charge in [0, 0.05) is 24.6 Å². The van der Waals surface area contributed by atoms with E-state index in [9.17, 15) is 0 Å². The fourth-order valence-electron chi connectivity index (χ4n) is 3.26. The van der Waals surface area contributed by atoms with E-state index < -0.39 is 0 Å². The Morgan fingerprint density at radius 2 is 1.34 bits per heavy atom. The largest absolute Gasteiger partial charge is 0.491 e. The molecule has 0 amide bonds. The minimum absolute atomic E-state index is 0.573. The number of rotatable bonds is 16. The predicted octanol–water partition coefficient (Wildman–Crippen LogP) is 6.63. The first kappa shape index (κ1) is 23.3. The lowest BCUT2D eigenvalue weighted by atomic mass is 10.1. The lowest BCUT2D eigenvalue weighted by Crippen LogP contribution is -2.07. The number of hydrogen-bond donors (Lipinski definition) is 0. The zero-order chi connectivity index (χ0) is 20.6. The first-order valence-corrected chi connectivity index (χ1v) is 11.5. The third-order valence-corrected chi connectivity index (χ3v) is 4.98. The minimum atomic E-state index is 0.573. The zero-order valence-electron chi connectivity index (χ0n) is 18.4. The molecule has 0 saturated carbocycles. The van der Waals surface area contributed by atoms with Gasteiger partial charge in [-0.2, -0.15) is 0 Å². The Morgan fingerprint density at radius 3 is 2.00 bits per heavy atom. The number of aryl methyl sites for hydroxylation is 1. The molecular formula is C25H38N2O2. The smallest absolute Gasteiger partial charge is 0.159 e. The standard InChI is InChI=1S/C25H38N2O2/c1-3-5-6-7-8-9-10-11-12-22-20-26-25(27-21-22)23-13-15-24(16-14-23)29-19-18-28-17-4-2/h13-16,20-21H,3-12,17-19H2,1-2H3. The number of aromatic nitrogens is 2. The molecule has 4 nitrogen and oxygen atoms in total. The molecule has 0 bridgehead atoms. The molecule has 1 aromatic heterocycles. The van der Waals surface area contributed by atoms with Crippen LogP contribution in [-0.2, 0) is 11.2 Å². The van der Waals surface area contributed by atoms with E-state index in [4.69, 9.17) is 9.47 Å². The van der Waals surface area contributed by atoms with Crippen molar-refractivity contribution in [3.05, 3.63) is 42.2 Å². The molecule has 0 fully saturated rings. The fraction of sp³-hybridized carbons (Fsp3) is 0.600. The molecule has 160 valence electrons. The Morgan fingerprint density at radius 1 is 0.690 bits per heavy atom. The maximum absolute atomic E-state index is 5.69. The number of ether oxygens (including phenoxy) is 2. The van der Waals surface area contributed by atoms with Crippen molar-refractivity contribution in [2.24, 2.45) is 0 Å². The Hall–Kier alpha value is -1.94. The summed E-state index contributed by atoms with van der Waals surface area (Å²) in [5.74, 6) is 1.61. The van der Waals surface area contributed by atoms with Crippen LogP contribution in [0, 0.1) is 0 Å². The molecule has 1 aromatic carbocycles. The highest BCUT2D eigenvalue weighted by Gasteiger charge is 2.03. The van der Waals surface area contributed by atoms with Crippen LogP contribution >= 0.6 is 0 Å². The molecule has 0 aliphatic carbocycles. The maximum atomic E-state index is 5.69. The van der Waals surface area contributed by atoms with Crippen molar-refractivity contribution in [1.29, 1.82) is 0 Å². The van der Waals surface area contributed by atoms with E-state index >= 15 is 0 Å². The van der Waals surface area contributed by atoms with E-state index in [1.54, 1.807) is 0 Å². The van der Waals surface area contributed by atoms with Crippen molar-refractivity contribution in [2.45, 2.75) is 78.1 Å². The van der Waals surface area contributed by atoms with Crippen LogP contribution in [0.25, 0.3) is 11.4 Å². The molecule has 0 aliphatic heterocycles. The molecule has 29 heavy (non-hydrogen) atoms. The van der Waals surface area contributed by atoms with Crippen LogP contribution in [0.15, 0.2) is 36.7 Å². The molecule has 2 rings (SSSR count). The summed E-state index contributed by atoms with van der Waals surface area (Å²) in [7, 11) is 0. The van der Waals surface area contributed by atoms with Gasteiger partial charge < -0.3 is 9.47 Å². The number of nitrogens with zero attached hydrogens (tertiary/aromatic N) is 2. The summed E-state index contributed by atoms with van der Waals surface area (Å²) < 4.78 is 11.1. The quantitative estimate of drug-likeness (QED) is 0.298. The average Bonchev–Trinajstić information content (AvgIpc) is 2.76. The molecule has 0 radical (unpaired) electrons. The molecule has 2 aromatic rings. The van der Waals surface area contributed by atoms with Crippen molar-refractivity contribution in [3.63, 3.8) is 0 Å². The van der Waals surface area contributed by atoms with Crippen molar-refractivity contribution >= 4 is 0 Å². The van der Waals surface area contributed by atoms with Crippen LogP contribution in [-0.4, -0.2) is 29.8 Å². The molecule has 0 atom stereocenters. The van der Waals surface area contributed by atoms with Gasteiger partial charge in [0.25, 0.3) is 0 Å². The van der Waals surface area contributed by atoms with Crippen LogP contribution in [0.2, 0.25) is 0 Å². The highest BCUT2D eigenvalue weighted by atomic mass is 16.5. The Bertz CT molecular complexity index is 641. The lowest BCUT2D eigenvalue weighted by molar-refractivity contribution is 0.101. The molecule has 0 unspecified atom stereocenters. The summed E-state index contributed by atoms with van der Waals surface area (Å²) in [4.78, 5) is 9.10. The highest BCUT2D eigenvalue weighted by molar-refractivity contribution is 5.55. The van der Waals surface area contributed by atoms with Crippen molar-refractivity contribution in [2.75, 3.05) is 19.8 Å². The normalized spacial score (nSPS) is 11.0. The monoisotopic (exact) mass is 398 g/mol. The SMILES string of the molecule is CCCCCCCCCCc1cnc(-c2ccc(OCCOCCC)cc2)nc1. The van der Waals surface area contributed by atoms with E-state index in [2.05, 4.69) is 23.8 Å². The molecule has 0 spiro atoms. The number of hydrogen-bond acceptors (Lipinski definition) is 4. The van der Waals surface area contributed by atoms with E-state index in [1.807, 2.05) is 36.7 Å². The second kappa shape index (κ2) is 15.0. The second-order valence-electron chi connectivity index (χ2n) is 7.63. The highest BCUT2D eigenvalue weighted by Crippen LogP contribution is 2.19. The third kappa shape index (κ3) is 9.89. The van der Waals surface area contributed by atoms with Gasteiger partial charge in [-0.25, -0.2) is 9.97 Å². The van der Waals surface area contributed by atoms with Gasteiger partial charge in [-0.05, 0) is 49.1 Å². The summed E-state index contributed by atoms with van der Waals surface area (Å²) in [5, 5.41) is 0. The van der Waals surface area contributed by atoms with Gasteiger partial charge in [0.2, 0.25) is 0 Å². The third-order valence-electron chi connectivity index (χ3n) is 4.98. The molecule has 1 heterocycles. The zero-order valence-corrected chi connectivity index (χ0v) is 18.4. The fourth-order valence-corrected chi connectivity index (χ4v) is 3.26. The van der Waals surface area contributed by atoms with Crippen LogP contribution in [0.1, 0.15) is 77.2 Å². The molecule has 0 aliphatic rings. The van der Waals surface area contributed by atoms with Crippen molar-refractivity contribution in [3.8, 4) is 17.1 Å². The molecular weight excluding hydrogens is 360 g/mol. The second-order valence-corrected chi connectivity index (χ2v) is 7.63. The first-order valence-electron chi connectivity index (χ1n) is 11.5. The van der Waals surface area contributed by atoms with Crippen LogP contribution < -0.4 is 4.74 Å². The summed E-state index contributed by atoms with van der Waals surface area (Å²) in [6.07, 6.45) is 16.8. The molecule has 4 heteroatoms. The summed E-state index contributed by atoms with van der Waals surface area (Å²) >= 11 is 0. The topological polar surface area (TPSA) is 44.2 Å². The molecule has 0 saturated heterocycles. The van der Waals surface area contributed by atoms with Gasteiger partial charge in [0.15, 0.2) is 5.82 Å². The Kier molecular flexibility index (Phi) is 12.1.